The summed E-state index contributed by atoms with van der Waals surface area (Å²) in [5.41, 5.74) is 5.31. The van der Waals surface area contributed by atoms with E-state index >= 15 is 0 Å². The van der Waals surface area contributed by atoms with Crippen molar-refractivity contribution in [2.75, 3.05) is 19.8 Å². The van der Waals surface area contributed by atoms with Gasteiger partial charge in [-0.25, -0.2) is 14.4 Å². The van der Waals surface area contributed by atoms with Crippen molar-refractivity contribution >= 4 is 24.1 Å². The molecule has 48 heavy (non-hydrogen) atoms. The molecule has 0 radical (unpaired) electrons. The van der Waals surface area contributed by atoms with Crippen LogP contribution in [0.4, 0.5) is 9.59 Å². The number of amides is 3. The average Bonchev–Trinajstić information content (AvgIpc) is 3.40. The van der Waals surface area contributed by atoms with Gasteiger partial charge in [-0.1, -0.05) is 107 Å². The first-order valence-electron chi connectivity index (χ1n) is 16.7. The lowest BCUT2D eigenvalue weighted by atomic mass is 9.98. The van der Waals surface area contributed by atoms with Crippen molar-refractivity contribution in [1.29, 1.82) is 0 Å². The number of fused-ring (bicyclic) bond motifs is 3. The number of hydrogen-bond donors (Lipinski definition) is 3. The fraction of sp³-hybridized carbons (Fsp3) is 0.421. The molecule has 10 nitrogen and oxygen atoms in total. The molecule has 256 valence electrons. The summed E-state index contributed by atoms with van der Waals surface area (Å²) in [5.74, 6) is -1.34. The topological polar surface area (TPSA) is 132 Å². The highest BCUT2D eigenvalue weighted by molar-refractivity contribution is 5.90. The van der Waals surface area contributed by atoms with Gasteiger partial charge >= 0.3 is 18.2 Å². The van der Waals surface area contributed by atoms with Crippen molar-refractivity contribution in [3.63, 3.8) is 0 Å². The van der Waals surface area contributed by atoms with Crippen LogP contribution in [0.2, 0.25) is 0 Å². The Morgan fingerprint density at radius 3 is 1.96 bits per heavy atom. The van der Waals surface area contributed by atoms with E-state index in [0.29, 0.717) is 25.8 Å². The maximum absolute atomic E-state index is 13.5. The standard InChI is InChI=1S/C38H47N3O7/c1-25(2)22-46-36(43)33(20-12-13-21-39-37(44)47-23-27-14-6-5-7-15-27)40-35(42)34(26(3)4)41-38(45)48-24-32-30-18-10-8-16-28(30)29-17-9-11-19-31(29)32/h5-11,14-19,25-26,32-34H,12-13,20-24H2,1-4H3,(H,39,44)(H,40,42)(H,41,45)/t33-,34-/m0/s1. The molecule has 0 aliphatic heterocycles. The van der Waals surface area contributed by atoms with E-state index in [2.05, 4.69) is 28.1 Å². The lowest BCUT2D eigenvalue weighted by Crippen LogP contribution is -2.54. The molecule has 3 aromatic rings. The number of esters is 1. The molecule has 0 saturated heterocycles. The lowest BCUT2D eigenvalue weighted by molar-refractivity contribution is -0.149. The van der Waals surface area contributed by atoms with E-state index in [1.807, 2.05) is 94.4 Å². The van der Waals surface area contributed by atoms with Crippen molar-refractivity contribution in [2.24, 2.45) is 11.8 Å². The first-order valence-corrected chi connectivity index (χ1v) is 16.7. The largest absolute Gasteiger partial charge is 0.464 e. The van der Waals surface area contributed by atoms with E-state index in [-0.39, 0.29) is 37.6 Å². The van der Waals surface area contributed by atoms with Crippen molar-refractivity contribution in [1.82, 2.24) is 16.0 Å². The second-order valence-electron chi connectivity index (χ2n) is 12.8. The van der Waals surface area contributed by atoms with Gasteiger partial charge in [0, 0.05) is 12.5 Å². The summed E-state index contributed by atoms with van der Waals surface area (Å²) in [6.07, 6.45) is 0.121. The van der Waals surface area contributed by atoms with Crippen molar-refractivity contribution < 1.29 is 33.4 Å². The minimum atomic E-state index is -0.942. The van der Waals surface area contributed by atoms with Crippen LogP contribution in [0.15, 0.2) is 78.9 Å². The quantitative estimate of drug-likeness (QED) is 0.0932. The molecule has 1 aliphatic rings. The van der Waals surface area contributed by atoms with E-state index < -0.39 is 36.1 Å². The normalized spacial score (nSPS) is 13.2. The number of rotatable bonds is 16. The monoisotopic (exact) mass is 657 g/mol. The van der Waals surface area contributed by atoms with Gasteiger partial charge in [0.2, 0.25) is 5.91 Å². The molecule has 3 N–H and O–H groups in total. The molecular formula is C38H47N3O7. The van der Waals surface area contributed by atoms with Crippen molar-refractivity contribution in [3.05, 3.63) is 95.6 Å². The average molecular weight is 658 g/mol. The third-order valence-corrected chi connectivity index (χ3v) is 8.13. The molecule has 0 fully saturated rings. The van der Waals surface area contributed by atoms with Crippen LogP contribution >= 0.6 is 0 Å². The fourth-order valence-corrected chi connectivity index (χ4v) is 5.60. The molecule has 3 aromatic carbocycles. The lowest BCUT2D eigenvalue weighted by Gasteiger charge is -2.25. The maximum atomic E-state index is 13.5. The minimum Gasteiger partial charge on any atom is -0.464 e. The van der Waals surface area contributed by atoms with Gasteiger partial charge in [0.15, 0.2) is 0 Å². The van der Waals surface area contributed by atoms with Crippen LogP contribution in [0.3, 0.4) is 0 Å². The number of unbranched alkanes of at least 4 members (excludes halogenated alkanes) is 1. The van der Waals surface area contributed by atoms with Crippen molar-refractivity contribution in [3.8, 4) is 11.1 Å². The van der Waals surface area contributed by atoms with Crippen LogP contribution < -0.4 is 16.0 Å². The molecule has 4 rings (SSSR count). The van der Waals surface area contributed by atoms with Crippen LogP contribution in [0.25, 0.3) is 11.1 Å². The predicted molar refractivity (Wildman–Crippen MR) is 183 cm³/mol. The second-order valence-corrected chi connectivity index (χ2v) is 12.8. The van der Waals surface area contributed by atoms with Gasteiger partial charge in [0.25, 0.3) is 0 Å². The second kappa shape index (κ2) is 17.9. The number of hydrogen-bond acceptors (Lipinski definition) is 7. The summed E-state index contributed by atoms with van der Waals surface area (Å²) in [4.78, 5) is 51.5. The molecule has 0 saturated carbocycles. The van der Waals surface area contributed by atoms with Gasteiger partial charge in [-0.3, -0.25) is 4.79 Å². The van der Waals surface area contributed by atoms with Crippen LogP contribution in [0.1, 0.15) is 69.6 Å². The Morgan fingerprint density at radius 1 is 0.708 bits per heavy atom. The van der Waals surface area contributed by atoms with Gasteiger partial charge in [-0.2, -0.15) is 0 Å². The van der Waals surface area contributed by atoms with Crippen molar-refractivity contribution in [2.45, 2.75) is 71.6 Å². The zero-order valence-electron chi connectivity index (χ0n) is 28.2. The van der Waals surface area contributed by atoms with Gasteiger partial charge in [-0.15, -0.1) is 0 Å². The third kappa shape index (κ3) is 10.3. The summed E-state index contributed by atoms with van der Waals surface area (Å²) < 4.78 is 16.4. The first-order chi connectivity index (χ1) is 23.1. The molecule has 1 aliphatic carbocycles. The molecule has 0 heterocycles. The third-order valence-electron chi connectivity index (χ3n) is 8.13. The molecule has 0 spiro atoms. The number of carbonyl (C=O) groups excluding carboxylic acids is 4. The highest BCUT2D eigenvalue weighted by atomic mass is 16.6. The zero-order valence-corrected chi connectivity index (χ0v) is 28.2. The van der Waals surface area contributed by atoms with Crippen LogP contribution in [-0.2, 0) is 30.4 Å². The van der Waals surface area contributed by atoms with E-state index in [4.69, 9.17) is 14.2 Å². The van der Waals surface area contributed by atoms with E-state index in [9.17, 15) is 19.2 Å². The number of benzene rings is 3. The first kappa shape index (κ1) is 36.0. The van der Waals surface area contributed by atoms with E-state index in [1.165, 1.54) is 0 Å². The van der Waals surface area contributed by atoms with Crippen LogP contribution in [0, 0.1) is 11.8 Å². The molecule has 10 heteroatoms. The predicted octanol–water partition coefficient (Wildman–Crippen LogP) is 6.33. The number of ether oxygens (including phenoxy) is 3. The Labute approximate surface area is 282 Å². The van der Waals surface area contributed by atoms with E-state index in [1.54, 1.807) is 0 Å². The zero-order chi connectivity index (χ0) is 34.5. The summed E-state index contributed by atoms with van der Waals surface area (Å²) in [7, 11) is 0. The Balaban J connectivity index is 1.28. The number of nitrogens with one attached hydrogen (secondary N) is 3. The molecule has 0 unspecified atom stereocenters. The fourth-order valence-electron chi connectivity index (χ4n) is 5.60. The molecule has 0 aromatic heterocycles. The Hall–Kier alpha value is -4.86. The Kier molecular flexibility index (Phi) is 13.4. The summed E-state index contributed by atoms with van der Waals surface area (Å²) in [5, 5.41) is 8.21. The Bertz CT molecular complexity index is 1480. The van der Waals surface area contributed by atoms with Crippen LogP contribution in [0.5, 0.6) is 0 Å². The Morgan fingerprint density at radius 2 is 1.33 bits per heavy atom. The maximum Gasteiger partial charge on any atom is 0.407 e. The highest BCUT2D eigenvalue weighted by Crippen LogP contribution is 2.44. The minimum absolute atomic E-state index is 0.115. The molecule has 0 bridgehead atoms. The van der Waals surface area contributed by atoms with Gasteiger partial charge < -0.3 is 30.2 Å². The van der Waals surface area contributed by atoms with E-state index in [0.717, 1.165) is 27.8 Å². The summed E-state index contributed by atoms with van der Waals surface area (Å²) in [6, 6.07) is 23.6. The summed E-state index contributed by atoms with van der Waals surface area (Å²) >= 11 is 0. The molecular weight excluding hydrogens is 610 g/mol. The smallest absolute Gasteiger partial charge is 0.407 e. The highest BCUT2D eigenvalue weighted by Gasteiger charge is 2.32. The molecule has 2 atom stereocenters. The van der Waals surface area contributed by atoms with Gasteiger partial charge in [-0.05, 0) is 58.9 Å². The van der Waals surface area contributed by atoms with Gasteiger partial charge in [0.1, 0.15) is 25.3 Å². The SMILES string of the molecule is CC(C)COC(=O)[C@H](CCCCNC(=O)OCc1ccccc1)NC(=O)[C@@H](NC(=O)OCC1c2ccccc2-c2ccccc21)C(C)C. The summed E-state index contributed by atoms with van der Waals surface area (Å²) in [6.45, 7) is 8.31. The number of carbonyl (C=O) groups is 4. The van der Waals surface area contributed by atoms with Crippen LogP contribution in [-0.4, -0.2) is 55.9 Å². The van der Waals surface area contributed by atoms with Gasteiger partial charge in [0.05, 0.1) is 6.61 Å². The number of alkyl carbamates (subject to hydrolysis) is 2. The molecule has 3 amide bonds.